The lowest BCUT2D eigenvalue weighted by molar-refractivity contribution is 0.0811. The minimum Gasteiger partial charge on any atom is -0.394 e. The van der Waals surface area contributed by atoms with Gasteiger partial charge in [0.15, 0.2) is 0 Å². The van der Waals surface area contributed by atoms with Crippen LogP contribution >= 0.6 is 0 Å². The van der Waals surface area contributed by atoms with Gasteiger partial charge in [0.1, 0.15) is 0 Å². The number of carbonyl (C=O) groups excluding carboxylic acids is 1. The second-order valence-electron chi connectivity index (χ2n) is 6.38. The number of piperidine rings is 1. The van der Waals surface area contributed by atoms with E-state index >= 15 is 0 Å². The maximum atomic E-state index is 12.6. The van der Waals surface area contributed by atoms with E-state index in [4.69, 9.17) is 0 Å². The topological polar surface area (TPSA) is 70.4 Å². The Kier molecular flexibility index (Phi) is 4.85. The van der Waals surface area contributed by atoms with Crippen LogP contribution in [0.4, 0.5) is 10.5 Å². The molecule has 0 spiro atoms. The Bertz CT molecular complexity index is 698. The molecule has 1 saturated heterocycles. The van der Waals surface area contributed by atoms with E-state index in [-0.39, 0.29) is 18.7 Å². The molecule has 2 atom stereocenters. The zero-order valence-corrected chi connectivity index (χ0v) is 14.1. The van der Waals surface area contributed by atoms with Gasteiger partial charge in [-0.25, -0.2) is 9.48 Å². The van der Waals surface area contributed by atoms with Crippen molar-refractivity contribution >= 4 is 11.7 Å². The number of hydrogen-bond donors (Lipinski definition) is 2. The van der Waals surface area contributed by atoms with Crippen molar-refractivity contribution in [1.82, 2.24) is 14.7 Å². The smallest absolute Gasteiger partial charge is 0.322 e. The molecule has 1 aromatic heterocycles. The van der Waals surface area contributed by atoms with Crippen LogP contribution < -0.4 is 5.32 Å². The highest BCUT2D eigenvalue weighted by molar-refractivity contribution is 5.90. The van der Waals surface area contributed by atoms with Gasteiger partial charge in [0.2, 0.25) is 0 Å². The summed E-state index contributed by atoms with van der Waals surface area (Å²) >= 11 is 0. The van der Waals surface area contributed by atoms with Crippen LogP contribution in [0.3, 0.4) is 0 Å². The van der Waals surface area contributed by atoms with Crippen LogP contribution in [0.5, 0.6) is 0 Å². The van der Waals surface area contributed by atoms with Crippen molar-refractivity contribution in [1.29, 1.82) is 0 Å². The third-order valence-corrected chi connectivity index (χ3v) is 4.82. The van der Waals surface area contributed by atoms with Crippen molar-refractivity contribution in [2.75, 3.05) is 18.5 Å². The lowest BCUT2D eigenvalue weighted by Crippen LogP contribution is -2.51. The standard InChI is InChI=1S/C18H24N4O2/c1-13-7-6-10-21(17(13)12-23)18(24)20-16-11-19-22(14(16)2)15-8-4-3-5-9-15/h3-5,8-9,11,13,17,23H,6-7,10,12H2,1-2H3,(H,20,24). The van der Waals surface area contributed by atoms with Crippen molar-refractivity contribution in [3.63, 3.8) is 0 Å². The molecule has 1 aromatic carbocycles. The van der Waals surface area contributed by atoms with Gasteiger partial charge < -0.3 is 15.3 Å². The Morgan fingerprint density at radius 2 is 2.12 bits per heavy atom. The quantitative estimate of drug-likeness (QED) is 0.910. The van der Waals surface area contributed by atoms with E-state index in [2.05, 4.69) is 17.3 Å². The van der Waals surface area contributed by atoms with Crippen LogP contribution in [0.1, 0.15) is 25.5 Å². The predicted octanol–water partition coefficient (Wildman–Crippen LogP) is 2.81. The van der Waals surface area contributed by atoms with Crippen molar-refractivity contribution in [2.24, 2.45) is 5.92 Å². The average molecular weight is 328 g/mol. The van der Waals surface area contributed by atoms with Gasteiger partial charge in [0, 0.05) is 6.54 Å². The van der Waals surface area contributed by atoms with Crippen molar-refractivity contribution in [3.05, 3.63) is 42.2 Å². The Morgan fingerprint density at radius 3 is 2.83 bits per heavy atom. The number of urea groups is 1. The zero-order valence-electron chi connectivity index (χ0n) is 14.1. The molecule has 2 amide bonds. The number of aromatic nitrogens is 2. The zero-order chi connectivity index (χ0) is 17.1. The van der Waals surface area contributed by atoms with Crippen molar-refractivity contribution in [2.45, 2.75) is 32.7 Å². The number of amides is 2. The molecule has 2 unspecified atom stereocenters. The second-order valence-corrected chi connectivity index (χ2v) is 6.38. The molecule has 2 N–H and O–H groups in total. The number of aliphatic hydroxyl groups excluding tert-OH is 1. The van der Waals surface area contributed by atoms with Crippen LogP contribution in [0, 0.1) is 12.8 Å². The summed E-state index contributed by atoms with van der Waals surface area (Å²) in [6.07, 6.45) is 3.68. The summed E-state index contributed by atoms with van der Waals surface area (Å²) in [6, 6.07) is 9.52. The number of benzene rings is 1. The van der Waals surface area contributed by atoms with Crippen LogP contribution in [0.15, 0.2) is 36.5 Å². The Hall–Kier alpha value is -2.34. The highest BCUT2D eigenvalue weighted by Gasteiger charge is 2.31. The van der Waals surface area contributed by atoms with E-state index in [1.165, 1.54) is 0 Å². The molecule has 6 nitrogen and oxygen atoms in total. The van der Waals surface area contributed by atoms with Gasteiger partial charge in [0.05, 0.1) is 35.9 Å². The number of rotatable bonds is 3. The number of nitrogens with zero attached hydrogens (tertiary/aromatic N) is 3. The molecule has 3 rings (SSSR count). The maximum absolute atomic E-state index is 12.6. The van der Waals surface area contributed by atoms with Gasteiger partial charge in [-0.2, -0.15) is 5.10 Å². The van der Waals surface area contributed by atoms with Gasteiger partial charge in [-0.15, -0.1) is 0 Å². The van der Waals surface area contributed by atoms with E-state index in [1.807, 2.05) is 37.3 Å². The molecule has 1 aliphatic heterocycles. The van der Waals surface area contributed by atoms with Crippen molar-refractivity contribution < 1.29 is 9.90 Å². The Balaban J connectivity index is 1.77. The summed E-state index contributed by atoms with van der Waals surface area (Å²) in [5, 5.41) is 16.9. The van der Waals surface area contributed by atoms with Crippen molar-refractivity contribution in [3.8, 4) is 5.69 Å². The molecule has 1 fully saturated rings. The highest BCUT2D eigenvalue weighted by Crippen LogP contribution is 2.25. The first kappa shape index (κ1) is 16.5. The number of carbonyl (C=O) groups is 1. The molecule has 0 saturated carbocycles. The third-order valence-electron chi connectivity index (χ3n) is 4.82. The second kappa shape index (κ2) is 7.05. The summed E-state index contributed by atoms with van der Waals surface area (Å²) in [5.74, 6) is 0.308. The predicted molar refractivity (Wildman–Crippen MR) is 93.3 cm³/mol. The minimum absolute atomic E-state index is 0.00313. The average Bonchev–Trinajstić information content (AvgIpc) is 2.96. The number of nitrogens with one attached hydrogen (secondary N) is 1. The van der Waals surface area contributed by atoms with E-state index in [0.717, 1.165) is 24.2 Å². The van der Waals surface area contributed by atoms with Gasteiger partial charge in [-0.05, 0) is 37.8 Å². The first-order valence-electron chi connectivity index (χ1n) is 8.40. The highest BCUT2D eigenvalue weighted by atomic mass is 16.3. The summed E-state index contributed by atoms with van der Waals surface area (Å²) < 4.78 is 1.80. The molecule has 0 aliphatic carbocycles. The fraction of sp³-hybridized carbons (Fsp3) is 0.444. The van der Waals surface area contributed by atoms with Crippen LogP contribution in [0.25, 0.3) is 5.69 Å². The number of likely N-dealkylation sites (tertiary alicyclic amines) is 1. The van der Waals surface area contributed by atoms with Gasteiger partial charge in [-0.1, -0.05) is 25.1 Å². The van der Waals surface area contributed by atoms with Gasteiger partial charge in [0.25, 0.3) is 0 Å². The molecule has 0 radical (unpaired) electrons. The first-order valence-corrected chi connectivity index (χ1v) is 8.40. The Labute approximate surface area is 142 Å². The molecule has 0 bridgehead atoms. The normalized spacial score (nSPS) is 20.9. The monoisotopic (exact) mass is 328 g/mol. The minimum atomic E-state index is -0.170. The summed E-state index contributed by atoms with van der Waals surface area (Å²) in [6.45, 7) is 4.68. The van der Waals surface area contributed by atoms with E-state index in [9.17, 15) is 9.90 Å². The molecular formula is C18H24N4O2. The number of hydrogen-bond acceptors (Lipinski definition) is 3. The molecule has 2 heterocycles. The fourth-order valence-corrected chi connectivity index (χ4v) is 3.33. The summed E-state index contributed by atoms with van der Waals surface area (Å²) in [4.78, 5) is 14.4. The van der Waals surface area contributed by atoms with Crippen LogP contribution in [-0.2, 0) is 0 Å². The van der Waals surface area contributed by atoms with Crippen LogP contribution in [0.2, 0.25) is 0 Å². The third kappa shape index (κ3) is 3.14. The number of anilines is 1. The summed E-state index contributed by atoms with van der Waals surface area (Å²) in [7, 11) is 0. The molecule has 1 aliphatic rings. The van der Waals surface area contributed by atoms with E-state index < -0.39 is 0 Å². The van der Waals surface area contributed by atoms with Crippen LogP contribution in [-0.4, -0.2) is 45.0 Å². The molecule has 24 heavy (non-hydrogen) atoms. The van der Waals surface area contributed by atoms with E-state index in [0.29, 0.717) is 18.2 Å². The van der Waals surface area contributed by atoms with Gasteiger partial charge >= 0.3 is 6.03 Å². The van der Waals surface area contributed by atoms with Gasteiger partial charge in [-0.3, -0.25) is 0 Å². The fourth-order valence-electron chi connectivity index (χ4n) is 3.33. The van der Waals surface area contributed by atoms with E-state index in [1.54, 1.807) is 15.8 Å². The first-order chi connectivity index (χ1) is 11.6. The Morgan fingerprint density at radius 1 is 1.38 bits per heavy atom. The molecule has 6 heteroatoms. The lowest BCUT2D eigenvalue weighted by Gasteiger charge is -2.38. The summed E-state index contributed by atoms with van der Waals surface area (Å²) in [5.41, 5.74) is 2.52. The lowest BCUT2D eigenvalue weighted by atomic mass is 9.91. The largest absolute Gasteiger partial charge is 0.394 e. The number of aliphatic hydroxyl groups is 1. The molecule has 2 aromatic rings. The number of para-hydroxylation sites is 1. The molecule has 128 valence electrons. The molecular weight excluding hydrogens is 304 g/mol. The maximum Gasteiger partial charge on any atom is 0.322 e. The SMILES string of the molecule is Cc1c(NC(=O)N2CCCC(C)C2CO)cnn1-c1ccccc1.